The molecule has 0 N–H and O–H groups in total. The van der Waals surface area contributed by atoms with Crippen molar-refractivity contribution in [3.63, 3.8) is 0 Å². The van der Waals surface area contributed by atoms with Crippen molar-refractivity contribution in [3.05, 3.63) is 36.1 Å². The lowest BCUT2D eigenvalue weighted by Gasteiger charge is -2.03. The zero-order valence-corrected chi connectivity index (χ0v) is 8.17. The van der Waals surface area contributed by atoms with Crippen LogP contribution in [0.3, 0.4) is 0 Å². The molecule has 0 aromatic heterocycles. The van der Waals surface area contributed by atoms with Crippen molar-refractivity contribution in [1.29, 1.82) is 0 Å². The molecule has 1 radical (unpaired) electrons. The summed E-state index contributed by atoms with van der Waals surface area (Å²) in [6.07, 6.45) is 5.87. The number of hydrogen-bond acceptors (Lipinski definition) is 2. The van der Waals surface area contributed by atoms with Gasteiger partial charge in [0, 0.05) is 16.9 Å². The molecule has 0 aliphatic carbocycles. The number of thioether (sulfide) groups is 2. The molecular formula is C9H11S2. The van der Waals surface area contributed by atoms with Crippen LogP contribution < -0.4 is 0 Å². The van der Waals surface area contributed by atoms with E-state index >= 15 is 0 Å². The predicted octanol–water partition coefficient (Wildman–Crippen LogP) is 3.43. The van der Waals surface area contributed by atoms with Crippen molar-refractivity contribution in [3.8, 4) is 0 Å². The molecule has 1 aromatic rings. The Bertz CT molecular complexity index is 221. The summed E-state index contributed by atoms with van der Waals surface area (Å²) in [5.74, 6) is 1.01. The molecule has 0 aliphatic heterocycles. The second-order valence-electron chi connectivity index (χ2n) is 2.16. The highest BCUT2D eigenvalue weighted by Crippen LogP contribution is 2.23. The largest absolute Gasteiger partial charge is 0.156 e. The molecule has 0 bridgehead atoms. The highest BCUT2D eigenvalue weighted by Gasteiger charge is 1.97. The highest BCUT2D eigenvalue weighted by molar-refractivity contribution is 8.00. The van der Waals surface area contributed by atoms with E-state index in [2.05, 4.69) is 36.8 Å². The smallest absolute Gasteiger partial charge is 0.0195 e. The molecular weight excluding hydrogens is 172 g/mol. The summed E-state index contributed by atoms with van der Waals surface area (Å²) >= 11 is 3.42. The topological polar surface area (TPSA) is 0 Å². The predicted molar refractivity (Wildman–Crippen MR) is 54.9 cm³/mol. The van der Waals surface area contributed by atoms with E-state index in [4.69, 9.17) is 0 Å². The highest BCUT2D eigenvalue weighted by atomic mass is 32.2. The summed E-state index contributed by atoms with van der Waals surface area (Å²) in [5, 5.41) is 0. The Hall–Kier alpha value is -0.0800. The van der Waals surface area contributed by atoms with E-state index < -0.39 is 0 Å². The van der Waals surface area contributed by atoms with E-state index in [1.54, 1.807) is 23.5 Å². The van der Waals surface area contributed by atoms with E-state index in [1.807, 2.05) is 0 Å². The summed E-state index contributed by atoms with van der Waals surface area (Å²) in [6, 6.07) is 8.45. The Kier molecular flexibility index (Phi) is 3.87. The fourth-order valence-electron chi connectivity index (χ4n) is 0.932. The van der Waals surface area contributed by atoms with Gasteiger partial charge in [-0.3, -0.25) is 0 Å². The average molecular weight is 183 g/mol. The van der Waals surface area contributed by atoms with Gasteiger partial charge in [-0.25, -0.2) is 0 Å². The summed E-state index contributed by atoms with van der Waals surface area (Å²) in [7, 11) is 0. The van der Waals surface area contributed by atoms with Crippen LogP contribution >= 0.6 is 23.5 Å². The van der Waals surface area contributed by atoms with Gasteiger partial charge in [0.25, 0.3) is 0 Å². The molecule has 0 saturated carbocycles. The minimum absolute atomic E-state index is 1.01. The molecule has 59 valence electrons. The third kappa shape index (κ3) is 2.46. The van der Waals surface area contributed by atoms with E-state index in [-0.39, 0.29) is 0 Å². The van der Waals surface area contributed by atoms with Crippen molar-refractivity contribution in [1.82, 2.24) is 0 Å². The lowest BCUT2D eigenvalue weighted by Crippen LogP contribution is -1.81. The van der Waals surface area contributed by atoms with Crippen molar-refractivity contribution < 1.29 is 0 Å². The Morgan fingerprint density at radius 2 is 2.09 bits per heavy atom. The zero-order chi connectivity index (χ0) is 8.10. The molecule has 0 spiro atoms. The summed E-state index contributed by atoms with van der Waals surface area (Å²) in [5.41, 5.74) is 1.39. The van der Waals surface area contributed by atoms with E-state index in [0.29, 0.717) is 0 Å². The minimum atomic E-state index is 1.01. The first-order valence-corrected chi connectivity index (χ1v) is 5.75. The second-order valence-corrected chi connectivity index (χ2v) is 3.71. The van der Waals surface area contributed by atoms with Gasteiger partial charge in [-0.05, 0) is 17.9 Å². The summed E-state index contributed by atoms with van der Waals surface area (Å²) in [6.45, 7) is 0. The Balaban J connectivity index is 2.83. The number of rotatable bonds is 3. The monoisotopic (exact) mass is 183 g/mol. The fourth-order valence-corrected chi connectivity index (χ4v) is 2.11. The molecule has 0 saturated heterocycles. The Labute approximate surface area is 76.8 Å². The van der Waals surface area contributed by atoms with Crippen molar-refractivity contribution in [2.45, 2.75) is 10.6 Å². The van der Waals surface area contributed by atoms with Gasteiger partial charge in [-0.2, -0.15) is 11.8 Å². The second kappa shape index (κ2) is 4.73. The van der Waals surface area contributed by atoms with Crippen LogP contribution in [0, 0.1) is 6.26 Å². The van der Waals surface area contributed by atoms with Crippen molar-refractivity contribution in [2.24, 2.45) is 0 Å². The van der Waals surface area contributed by atoms with Gasteiger partial charge in [0.05, 0.1) is 0 Å². The van der Waals surface area contributed by atoms with Gasteiger partial charge < -0.3 is 0 Å². The van der Waals surface area contributed by atoms with Crippen LogP contribution in [0.15, 0.2) is 29.2 Å². The standard InChI is InChI=1S/C9H11S2/c1-10-7-8-5-3-4-6-9(8)11-2/h3-6H,1,7H2,2H3. The maximum Gasteiger partial charge on any atom is 0.0195 e. The van der Waals surface area contributed by atoms with Crippen molar-refractivity contribution >= 4 is 23.5 Å². The molecule has 0 nitrogen and oxygen atoms in total. The van der Waals surface area contributed by atoms with Gasteiger partial charge in [0.15, 0.2) is 0 Å². The quantitative estimate of drug-likeness (QED) is 0.658. The van der Waals surface area contributed by atoms with Gasteiger partial charge in [0.2, 0.25) is 0 Å². The first-order valence-electron chi connectivity index (χ1n) is 3.37. The Morgan fingerprint density at radius 1 is 1.36 bits per heavy atom. The van der Waals surface area contributed by atoms with Gasteiger partial charge in [-0.1, -0.05) is 18.2 Å². The molecule has 0 atom stereocenters. The van der Waals surface area contributed by atoms with Gasteiger partial charge >= 0.3 is 0 Å². The van der Waals surface area contributed by atoms with E-state index in [1.165, 1.54) is 10.5 Å². The molecule has 1 rings (SSSR count). The third-order valence-electron chi connectivity index (χ3n) is 1.45. The first kappa shape index (κ1) is 9.01. The lowest BCUT2D eigenvalue weighted by atomic mass is 10.2. The first-order chi connectivity index (χ1) is 5.38. The number of benzene rings is 1. The van der Waals surface area contributed by atoms with Gasteiger partial charge in [0.1, 0.15) is 0 Å². The normalized spacial score (nSPS) is 10.0. The van der Waals surface area contributed by atoms with Crippen LogP contribution in [0.1, 0.15) is 5.56 Å². The molecule has 0 amide bonds. The van der Waals surface area contributed by atoms with Crippen LogP contribution in [-0.2, 0) is 5.75 Å². The van der Waals surface area contributed by atoms with Crippen LogP contribution in [0.2, 0.25) is 0 Å². The molecule has 0 fully saturated rings. The summed E-state index contributed by atoms with van der Waals surface area (Å²) < 4.78 is 0. The molecule has 0 unspecified atom stereocenters. The Morgan fingerprint density at radius 3 is 2.73 bits per heavy atom. The maximum absolute atomic E-state index is 3.76. The van der Waals surface area contributed by atoms with Crippen LogP contribution in [0.4, 0.5) is 0 Å². The van der Waals surface area contributed by atoms with Crippen LogP contribution in [0.25, 0.3) is 0 Å². The zero-order valence-electron chi connectivity index (χ0n) is 6.54. The SMILES string of the molecule is [CH2]SCc1ccccc1SC. The van der Waals surface area contributed by atoms with Crippen LogP contribution in [0.5, 0.6) is 0 Å². The van der Waals surface area contributed by atoms with Gasteiger partial charge in [-0.15, -0.1) is 11.8 Å². The maximum atomic E-state index is 3.76. The van der Waals surface area contributed by atoms with Crippen LogP contribution in [-0.4, -0.2) is 6.26 Å². The molecule has 1 aromatic carbocycles. The number of hydrogen-bond donors (Lipinski definition) is 0. The molecule has 11 heavy (non-hydrogen) atoms. The fraction of sp³-hybridized carbons (Fsp3) is 0.222. The van der Waals surface area contributed by atoms with E-state index in [0.717, 1.165) is 5.75 Å². The summed E-state index contributed by atoms with van der Waals surface area (Å²) in [4.78, 5) is 1.36. The molecule has 0 heterocycles. The minimum Gasteiger partial charge on any atom is -0.156 e. The molecule has 0 aliphatic rings. The van der Waals surface area contributed by atoms with E-state index in [9.17, 15) is 0 Å². The van der Waals surface area contributed by atoms with Crippen molar-refractivity contribution in [2.75, 3.05) is 6.26 Å². The molecule has 2 heteroatoms. The average Bonchev–Trinajstić information content (AvgIpc) is 2.06. The third-order valence-corrected chi connectivity index (χ3v) is 2.80. The lowest BCUT2D eigenvalue weighted by molar-refractivity contribution is 1.28.